The van der Waals surface area contributed by atoms with Crippen LogP contribution in [0.4, 0.5) is 5.69 Å². The van der Waals surface area contributed by atoms with Crippen molar-refractivity contribution in [3.05, 3.63) is 102 Å². The number of anilines is 1. The Morgan fingerprint density at radius 3 is 2.12 bits per heavy atom. The molecule has 0 amide bonds. The van der Waals surface area contributed by atoms with Crippen LogP contribution >= 0.6 is 0 Å². The number of aliphatic imine (C=N–C) groups is 2. The van der Waals surface area contributed by atoms with E-state index in [2.05, 4.69) is 74.6 Å². The Kier molecular flexibility index (Phi) is 6.37. The molecule has 0 bridgehead atoms. The number of nitrogens with zero attached hydrogens (tertiary/aromatic N) is 2. The number of benzene rings is 3. The Labute approximate surface area is 162 Å². The summed E-state index contributed by atoms with van der Waals surface area (Å²) < 4.78 is 0.618. The van der Waals surface area contributed by atoms with Gasteiger partial charge in [-0.1, -0.05) is 0 Å². The van der Waals surface area contributed by atoms with E-state index in [1.807, 2.05) is 48.5 Å². The van der Waals surface area contributed by atoms with Gasteiger partial charge < -0.3 is 0 Å². The second kappa shape index (κ2) is 9.14. The minimum atomic E-state index is 0.596. The maximum atomic E-state index is 4.69. The number of aryl methyl sites for hydroxylation is 1. The summed E-state index contributed by atoms with van der Waals surface area (Å²) in [5, 5.41) is 3.39. The topological polar surface area (TPSA) is 36.8 Å². The summed E-state index contributed by atoms with van der Waals surface area (Å²) in [7, 11) is 0. The normalized spacial score (nSPS) is 12.0. The Bertz CT molecular complexity index is 886. The molecule has 0 saturated heterocycles. The fourth-order valence-electron chi connectivity index (χ4n) is 2.41. The molecular formula is C22H20N3Se. The van der Waals surface area contributed by atoms with Crippen LogP contribution in [0.3, 0.4) is 0 Å². The third-order valence-corrected chi connectivity index (χ3v) is 4.27. The SMILES string of the molecule is Cc1ccc(/C(=N/C([Se])=NCc2ccccc2)Nc2ccccc2)cc1. The molecule has 3 nitrogen and oxygen atoms in total. The standard InChI is InChI=1S/C22H20N3Se/c1-17-12-14-19(15-13-17)21(24-20-10-6-3-7-11-20)25-22(26)23-16-18-8-4-2-5-9-18/h2-15H,16H2,1H3,(H,23,24,25). The molecule has 0 heterocycles. The molecule has 0 aliphatic carbocycles. The first-order valence-corrected chi connectivity index (χ1v) is 9.29. The van der Waals surface area contributed by atoms with Crippen LogP contribution in [0.2, 0.25) is 0 Å². The third kappa shape index (κ3) is 5.41. The predicted octanol–water partition coefficient (Wildman–Crippen LogP) is 4.58. The number of nitrogens with one attached hydrogen (secondary N) is 1. The fourth-order valence-corrected chi connectivity index (χ4v) is 2.73. The molecule has 3 rings (SSSR count). The molecule has 129 valence electrons. The van der Waals surface area contributed by atoms with Crippen molar-refractivity contribution in [1.29, 1.82) is 0 Å². The van der Waals surface area contributed by atoms with Gasteiger partial charge in [-0.2, -0.15) is 0 Å². The van der Waals surface area contributed by atoms with Gasteiger partial charge in [0, 0.05) is 0 Å². The predicted molar refractivity (Wildman–Crippen MR) is 111 cm³/mol. The van der Waals surface area contributed by atoms with Gasteiger partial charge in [0.1, 0.15) is 0 Å². The molecule has 1 radical (unpaired) electrons. The van der Waals surface area contributed by atoms with E-state index in [9.17, 15) is 0 Å². The molecule has 0 spiro atoms. The molecule has 0 fully saturated rings. The van der Waals surface area contributed by atoms with Gasteiger partial charge in [-0.3, -0.25) is 0 Å². The van der Waals surface area contributed by atoms with Gasteiger partial charge in [-0.15, -0.1) is 0 Å². The molecule has 0 aromatic heterocycles. The third-order valence-electron chi connectivity index (χ3n) is 3.81. The first-order chi connectivity index (χ1) is 12.7. The molecule has 26 heavy (non-hydrogen) atoms. The van der Waals surface area contributed by atoms with Gasteiger partial charge in [0.2, 0.25) is 0 Å². The molecular weight excluding hydrogens is 385 g/mol. The molecule has 0 aliphatic rings. The van der Waals surface area contributed by atoms with Crippen LogP contribution in [-0.4, -0.2) is 26.6 Å². The van der Waals surface area contributed by atoms with Crippen LogP contribution in [0.15, 0.2) is 94.9 Å². The molecule has 0 saturated carbocycles. The van der Waals surface area contributed by atoms with Gasteiger partial charge in [0.15, 0.2) is 0 Å². The summed E-state index contributed by atoms with van der Waals surface area (Å²) >= 11 is 2.97. The number of hydrogen-bond acceptors (Lipinski definition) is 1. The average molecular weight is 405 g/mol. The van der Waals surface area contributed by atoms with Gasteiger partial charge in [0.05, 0.1) is 0 Å². The van der Waals surface area contributed by atoms with Crippen molar-refractivity contribution < 1.29 is 0 Å². The van der Waals surface area contributed by atoms with Crippen LogP contribution in [0, 0.1) is 6.92 Å². The quantitative estimate of drug-likeness (QED) is 0.385. The minimum absolute atomic E-state index is 0.596. The number of amidine groups is 2. The fraction of sp³-hybridized carbons (Fsp3) is 0.0909. The number of rotatable bonds is 4. The second-order valence-corrected chi connectivity index (χ2v) is 6.67. The number of para-hydroxylation sites is 1. The summed E-state index contributed by atoms with van der Waals surface area (Å²) in [4.78, 5) is 9.24. The zero-order valence-corrected chi connectivity index (χ0v) is 16.3. The van der Waals surface area contributed by atoms with Crippen LogP contribution in [0.5, 0.6) is 0 Å². The number of hydrogen-bond donors (Lipinski definition) is 1. The maximum absolute atomic E-state index is 4.69. The molecule has 0 aliphatic heterocycles. The molecule has 4 heteroatoms. The first-order valence-electron chi connectivity index (χ1n) is 8.44. The summed E-state index contributed by atoms with van der Waals surface area (Å²) in [6.45, 7) is 2.67. The molecule has 0 unspecified atom stereocenters. The van der Waals surface area contributed by atoms with Crippen molar-refractivity contribution in [3.63, 3.8) is 0 Å². The van der Waals surface area contributed by atoms with Crippen LogP contribution in [-0.2, 0) is 6.54 Å². The Balaban J connectivity index is 1.86. The van der Waals surface area contributed by atoms with Gasteiger partial charge >= 0.3 is 163 Å². The second-order valence-electron chi connectivity index (χ2n) is 5.90. The summed E-state index contributed by atoms with van der Waals surface area (Å²) in [6.07, 6.45) is 0. The van der Waals surface area contributed by atoms with Crippen LogP contribution in [0.1, 0.15) is 16.7 Å². The van der Waals surface area contributed by atoms with Gasteiger partial charge in [-0.05, 0) is 0 Å². The van der Waals surface area contributed by atoms with E-state index in [-0.39, 0.29) is 0 Å². The van der Waals surface area contributed by atoms with Crippen LogP contribution < -0.4 is 5.32 Å². The summed E-state index contributed by atoms with van der Waals surface area (Å²) in [6, 6.07) is 28.5. The van der Waals surface area contributed by atoms with Crippen LogP contribution in [0.25, 0.3) is 0 Å². The van der Waals surface area contributed by atoms with E-state index in [4.69, 9.17) is 0 Å². The Morgan fingerprint density at radius 2 is 1.46 bits per heavy atom. The van der Waals surface area contributed by atoms with E-state index in [1.165, 1.54) is 5.56 Å². The van der Waals surface area contributed by atoms with Gasteiger partial charge in [-0.25, -0.2) is 0 Å². The average Bonchev–Trinajstić information content (AvgIpc) is 2.68. The molecule has 3 aromatic rings. The van der Waals surface area contributed by atoms with Crippen molar-refractivity contribution in [1.82, 2.24) is 0 Å². The van der Waals surface area contributed by atoms with Crippen molar-refractivity contribution in [3.8, 4) is 0 Å². The van der Waals surface area contributed by atoms with E-state index in [1.54, 1.807) is 0 Å². The first kappa shape index (κ1) is 18.1. The zero-order valence-electron chi connectivity index (χ0n) is 14.6. The van der Waals surface area contributed by atoms with Crippen molar-refractivity contribution >= 4 is 32.3 Å². The summed E-state index contributed by atoms with van der Waals surface area (Å²) in [5.74, 6) is 0.766. The molecule has 0 atom stereocenters. The Morgan fingerprint density at radius 1 is 0.846 bits per heavy atom. The van der Waals surface area contributed by atoms with E-state index in [0.29, 0.717) is 11.3 Å². The van der Waals surface area contributed by atoms with Crippen molar-refractivity contribution in [2.75, 3.05) is 5.32 Å². The zero-order chi connectivity index (χ0) is 18.2. The Hall–Kier alpha value is -2.68. The van der Waals surface area contributed by atoms with Crippen molar-refractivity contribution in [2.45, 2.75) is 13.5 Å². The molecule has 3 aromatic carbocycles. The summed E-state index contributed by atoms with van der Waals surface area (Å²) in [5.41, 5.74) is 4.38. The van der Waals surface area contributed by atoms with E-state index in [0.717, 1.165) is 22.6 Å². The van der Waals surface area contributed by atoms with Crippen molar-refractivity contribution in [2.24, 2.45) is 9.98 Å². The molecule has 1 N–H and O–H groups in total. The van der Waals surface area contributed by atoms with Gasteiger partial charge in [0.25, 0.3) is 0 Å². The monoisotopic (exact) mass is 406 g/mol. The van der Waals surface area contributed by atoms with E-state index < -0.39 is 0 Å². The van der Waals surface area contributed by atoms with E-state index >= 15 is 0 Å².